The highest BCUT2D eigenvalue weighted by molar-refractivity contribution is 5.89. The Kier molecular flexibility index (Phi) is 3.61. The molecule has 0 saturated carbocycles. The van der Waals surface area contributed by atoms with Crippen molar-refractivity contribution in [2.24, 2.45) is 0 Å². The molecule has 1 rings (SSSR count). The van der Waals surface area contributed by atoms with Crippen molar-refractivity contribution in [2.45, 2.75) is 20.8 Å². The highest BCUT2D eigenvalue weighted by atomic mass is 16.6. The van der Waals surface area contributed by atoms with Crippen LogP contribution in [0.15, 0.2) is 24.3 Å². The van der Waals surface area contributed by atoms with E-state index >= 15 is 0 Å². The van der Waals surface area contributed by atoms with Gasteiger partial charge in [-0.15, -0.1) is 0 Å². The summed E-state index contributed by atoms with van der Waals surface area (Å²) in [5, 5.41) is 12.0. The highest BCUT2D eigenvalue weighted by Crippen LogP contribution is 2.13. The van der Waals surface area contributed by atoms with Gasteiger partial charge < -0.3 is 5.21 Å². The average molecular weight is 207 g/mol. The fourth-order valence-corrected chi connectivity index (χ4v) is 1.52. The number of benzene rings is 1. The summed E-state index contributed by atoms with van der Waals surface area (Å²) in [5.74, 6) is -0.344. The molecule has 82 valence electrons. The largest absolute Gasteiger partial charge is 0.625 e. The number of rotatable bonds is 3. The van der Waals surface area contributed by atoms with Gasteiger partial charge in [-0.3, -0.25) is 4.65 Å². The summed E-state index contributed by atoms with van der Waals surface area (Å²) in [6.07, 6.45) is 0. The Morgan fingerprint density at radius 3 is 2.40 bits per heavy atom. The van der Waals surface area contributed by atoms with Crippen LogP contribution < -0.4 is 0 Å². The van der Waals surface area contributed by atoms with Gasteiger partial charge in [0, 0.05) is 0 Å². The first-order chi connectivity index (χ1) is 7.03. The SMILES string of the molecule is CC[N+]([O-])(CC)C(=O)c1cccc(C)c1. The summed E-state index contributed by atoms with van der Waals surface area (Å²) in [5.41, 5.74) is 1.51. The van der Waals surface area contributed by atoms with E-state index in [0.29, 0.717) is 5.56 Å². The maximum absolute atomic E-state index is 12.0. The summed E-state index contributed by atoms with van der Waals surface area (Å²) < 4.78 is -0.774. The van der Waals surface area contributed by atoms with E-state index in [2.05, 4.69) is 0 Å². The quantitative estimate of drug-likeness (QED) is 0.564. The lowest BCUT2D eigenvalue weighted by molar-refractivity contribution is -0.793. The zero-order valence-electron chi connectivity index (χ0n) is 9.49. The number of hydrogen-bond donors (Lipinski definition) is 0. The molecule has 0 spiro atoms. The van der Waals surface area contributed by atoms with E-state index in [0.717, 1.165) is 5.56 Å². The van der Waals surface area contributed by atoms with Crippen LogP contribution >= 0.6 is 0 Å². The number of hydroxylamine groups is 3. The van der Waals surface area contributed by atoms with Gasteiger partial charge in [-0.25, -0.2) is 4.79 Å². The number of nitrogens with zero attached hydrogens (tertiary/aromatic N) is 1. The number of aryl methyl sites for hydroxylation is 1. The Bertz CT molecular complexity index is 356. The first kappa shape index (κ1) is 11.9. The molecule has 0 fully saturated rings. The number of quaternary nitrogens is 1. The summed E-state index contributed by atoms with van der Waals surface area (Å²) >= 11 is 0. The molecule has 3 nitrogen and oxygen atoms in total. The van der Waals surface area contributed by atoms with E-state index in [-0.39, 0.29) is 19.0 Å². The van der Waals surface area contributed by atoms with E-state index in [1.165, 1.54) is 0 Å². The summed E-state index contributed by atoms with van der Waals surface area (Å²) in [6.45, 7) is 5.95. The molecule has 0 aliphatic carbocycles. The van der Waals surface area contributed by atoms with Gasteiger partial charge in [-0.05, 0) is 32.9 Å². The monoisotopic (exact) mass is 207 g/mol. The van der Waals surface area contributed by atoms with Gasteiger partial charge in [-0.1, -0.05) is 17.7 Å². The van der Waals surface area contributed by atoms with Crippen LogP contribution in [0.3, 0.4) is 0 Å². The third-order valence-electron chi connectivity index (χ3n) is 2.66. The molecule has 0 saturated heterocycles. The topological polar surface area (TPSA) is 40.1 Å². The molecule has 1 aromatic carbocycles. The number of hydrogen-bond acceptors (Lipinski definition) is 2. The van der Waals surface area contributed by atoms with Crippen LogP contribution in [0, 0.1) is 12.1 Å². The summed E-state index contributed by atoms with van der Waals surface area (Å²) in [6, 6.07) is 7.18. The first-order valence-corrected chi connectivity index (χ1v) is 5.23. The first-order valence-electron chi connectivity index (χ1n) is 5.23. The van der Waals surface area contributed by atoms with E-state index in [9.17, 15) is 10.0 Å². The molecule has 0 N–H and O–H groups in total. The van der Waals surface area contributed by atoms with Gasteiger partial charge in [0.2, 0.25) is 0 Å². The molecule has 0 heterocycles. The lowest BCUT2D eigenvalue weighted by Gasteiger charge is -2.37. The maximum atomic E-state index is 12.0. The molecule has 1 aromatic rings. The number of carbonyl (C=O) groups excluding carboxylic acids is 1. The van der Waals surface area contributed by atoms with Crippen LogP contribution in [0.5, 0.6) is 0 Å². The normalized spacial score (nSPS) is 11.5. The van der Waals surface area contributed by atoms with Crippen LogP contribution in [0.25, 0.3) is 0 Å². The van der Waals surface area contributed by atoms with Crippen LogP contribution in [0.1, 0.15) is 29.8 Å². The van der Waals surface area contributed by atoms with Crippen LogP contribution in [0.4, 0.5) is 0 Å². The Hall–Kier alpha value is -1.19. The highest BCUT2D eigenvalue weighted by Gasteiger charge is 2.24. The van der Waals surface area contributed by atoms with Crippen molar-refractivity contribution in [2.75, 3.05) is 13.1 Å². The molecule has 0 bridgehead atoms. The van der Waals surface area contributed by atoms with Crippen molar-refractivity contribution in [3.63, 3.8) is 0 Å². The van der Waals surface area contributed by atoms with E-state index in [4.69, 9.17) is 0 Å². The zero-order chi connectivity index (χ0) is 11.5. The van der Waals surface area contributed by atoms with Crippen LogP contribution in [0.2, 0.25) is 0 Å². The summed E-state index contributed by atoms with van der Waals surface area (Å²) in [7, 11) is 0. The number of carbonyl (C=O) groups is 1. The molecule has 0 unspecified atom stereocenters. The molecule has 0 aliphatic rings. The van der Waals surface area contributed by atoms with Crippen LogP contribution in [-0.2, 0) is 0 Å². The predicted molar refractivity (Wildman–Crippen MR) is 60.2 cm³/mol. The van der Waals surface area contributed by atoms with Crippen molar-refractivity contribution in [3.05, 3.63) is 40.6 Å². The van der Waals surface area contributed by atoms with Gasteiger partial charge in [0.1, 0.15) is 0 Å². The average Bonchev–Trinajstić information content (AvgIpc) is 2.27. The van der Waals surface area contributed by atoms with Gasteiger partial charge in [-0.2, -0.15) is 0 Å². The predicted octanol–water partition coefficient (Wildman–Crippen LogP) is 2.49. The van der Waals surface area contributed by atoms with Crippen molar-refractivity contribution in [1.29, 1.82) is 0 Å². The molecular formula is C12H17NO2. The third kappa shape index (κ3) is 2.43. The molecule has 15 heavy (non-hydrogen) atoms. The van der Waals surface area contributed by atoms with Gasteiger partial charge in [0.15, 0.2) is 0 Å². The Balaban J connectivity index is 3.03. The fraction of sp³-hybridized carbons (Fsp3) is 0.417. The Morgan fingerprint density at radius 1 is 1.33 bits per heavy atom. The van der Waals surface area contributed by atoms with Gasteiger partial charge in [0.05, 0.1) is 18.7 Å². The summed E-state index contributed by atoms with van der Waals surface area (Å²) in [4.78, 5) is 11.9. The Morgan fingerprint density at radius 2 is 1.93 bits per heavy atom. The Labute approximate surface area is 90.5 Å². The van der Waals surface area contributed by atoms with Crippen molar-refractivity contribution in [3.8, 4) is 0 Å². The molecule has 0 radical (unpaired) electrons. The third-order valence-corrected chi connectivity index (χ3v) is 2.66. The second kappa shape index (κ2) is 4.55. The molecule has 0 aromatic heterocycles. The van der Waals surface area contributed by atoms with Gasteiger partial charge in [0.25, 0.3) is 0 Å². The molecule has 1 amide bonds. The molecule has 0 atom stereocenters. The zero-order valence-corrected chi connectivity index (χ0v) is 9.49. The lowest BCUT2D eigenvalue weighted by atomic mass is 10.1. The minimum absolute atomic E-state index is 0.281. The van der Waals surface area contributed by atoms with E-state index in [1.807, 2.05) is 13.0 Å². The molecular weight excluding hydrogens is 190 g/mol. The standard InChI is InChI=1S/C12H17NO2/c1-4-13(15,5-2)12(14)11-8-6-7-10(3)9-11/h6-9H,4-5H2,1-3H3. The smallest absolute Gasteiger partial charge is 0.345 e. The number of amides is 1. The van der Waals surface area contributed by atoms with Crippen molar-refractivity contribution >= 4 is 5.91 Å². The minimum Gasteiger partial charge on any atom is -0.625 e. The van der Waals surface area contributed by atoms with Crippen LogP contribution in [-0.4, -0.2) is 23.6 Å². The fourth-order valence-electron chi connectivity index (χ4n) is 1.52. The lowest BCUT2D eigenvalue weighted by Crippen LogP contribution is -2.47. The van der Waals surface area contributed by atoms with Gasteiger partial charge >= 0.3 is 5.91 Å². The van der Waals surface area contributed by atoms with E-state index in [1.54, 1.807) is 32.0 Å². The van der Waals surface area contributed by atoms with Crippen molar-refractivity contribution < 1.29 is 9.44 Å². The molecule has 0 aliphatic heterocycles. The maximum Gasteiger partial charge on any atom is 0.345 e. The minimum atomic E-state index is -0.774. The van der Waals surface area contributed by atoms with Crippen molar-refractivity contribution in [1.82, 2.24) is 0 Å². The molecule has 3 heteroatoms. The second-order valence-electron chi connectivity index (χ2n) is 3.70. The second-order valence-corrected chi connectivity index (χ2v) is 3.70. The van der Waals surface area contributed by atoms with E-state index < -0.39 is 4.65 Å².